The van der Waals surface area contributed by atoms with Gasteiger partial charge in [-0.25, -0.2) is 4.98 Å². The fourth-order valence-electron chi connectivity index (χ4n) is 4.58. The third kappa shape index (κ3) is 7.46. The second-order valence-corrected chi connectivity index (χ2v) is 9.08. The molecule has 0 saturated carbocycles. The van der Waals surface area contributed by atoms with Crippen LogP contribution in [0.3, 0.4) is 0 Å². The summed E-state index contributed by atoms with van der Waals surface area (Å²) in [4.78, 5) is 25.4. The van der Waals surface area contributed by atoms with Crippen molar-refractivity contribution in [1.29, 1.82) is 0 Å². The largest absolute Gasteiger partial charge is 0.490 e. The molecule has 10 heteroatoms. The molecule has 1 saturated heterocycles. The van der Waals surface area contributed by atoms with Crippen molar-refractivity contribution in [2.75, 3.05) is 62.5 Å². The molecule has 0 aliphatic carbocycles. The number of aromatic nitrogens is 2. The number of likely N-dealkylation sites (N-methyl/N-ethyl adjacent to an activating group) is 1. The second-order valence-electron chi connectivity index (χ2n) is 9.08. The van der Waals surface area contributed by atoms with Gasteiger partial charge in [-0.2, -0.15) is 4.98 Å². The van der Waals surface area contributed by atoms with Crippen LogP contribution in [0.1, 0.15) is 13.3 Å². The number of carbonyl (C=O) groups excluding carboxylic acids is 1. The van der Waals surface area contributed by atoms with E-state index in [1.165, 1.54) is 18.9 Å². The zero-order valence-corrected chi connectivity index (χ0v) is 22.7. The Hall–Kier alpha value is -4.15. The third-order valence-corrected chi connectivity index (χ3v) is 6.54. The molecule has 2 heterocycles. The number of nitrogens with zero attached hydrogens (tertiary/aromatic N) is 4. The molecule has 2 N–H and O–H groups in total. The van der Waals surface area contributed by atoms with Gasteiger partial charge in [-0.05, 0) is 55.8 Å². The van der Waals surface area contributed by atoms with Gasteiger partial charge < -0.3 is 29.7 Å². The Morgan fingerprint density at radius 2 is 2.03 bits per heavy atom. The van der Waals surface area contributed by atoms with E-state index in [0.717, 1.165) is 44.9 Å². The van der Waals surface area contributed by atoms with Crippen LogP contribution in [-0.2, 0) is 9.53 Å². The first-order valence-corrected chi connectivity index (χ1v) is 13.0. The van der Waals surface area contributed by atoms with E-state index in [9.17, 15) is 4.79 Å². The van der Waals surface area contributed by atoms with E-state index in [4.69, 9.17) is 14.2 Å². The maximum absolute atomic E-state index is 11.6. The number of benzene rings is 2. The lowest BCUT2D eigenvalue weighted by atomic mass is 10.1. The molecule has 1 atom stereocenters. The topological polar surface area (TPSA) is 101 Å². The molecule has 1 aliphatic rings. The van der Waals surface area contributed by atoms with E-state index in [-0.39, 0.29) is 11.8 Å². The number of nitrogens with one attached hydrogen (secondary N) is 2. The van der Waals surface area contributed by atoms with Crippen LogP contribution in [0, 0.1) is 0 Å². The summed E-state index contributed by atoms with van der Waals surface area (Å²) in [7, 11) is 3.28. The first-order chi connectivity index (χ1) is 19.0. The van der Waals surface area contributed by atoms with Gasteiger partial charge in [-0.15, -0.1) is 0 Å². The number of hydrogen-bond donors (Lipinski definition) is 2. The van der Waals surface area contributed by atoms with Crippen LogP contribution in [0.25, 0.3) is 0 Å². The lowest BCUT2D eigenvalue weighted by Crippen LogP contribution is -2.38. The molecule has 0 spiro atoms. The molecule has 1 unspecified atom stereocenters. The molecule has 10 nitrogen and oxygen atoms in total. The van der Waals surface area contributed by atoms with Gasteiger partial charge in [0.25, 0.3) is 5.88 Å². The molecule has 1 aromatic heterocycles. The number of amides is 1. The van der Waals surface area contributed by atoms with Crippen LogP contribution in [0.5, 0.6) is 17.4 Å². The molecule has 3 aromatic rings. The zero-order valence-electron chi connectivity index (χ0n) is 22.7. The summed E-state index contributed by atoms with van der Waals surface area (Å²) >= 11 is 0. The van der Waals surface area contributed by atoms with E-state index >= 15 is 0 Å². The Morgan fingerprint density at radius 3 is 2.74 bits per heavy atom. The predicted molar refractivity (Wildman–Crippen MR) is 153 cm³/mol. The average molecular weight is 533 g/mol. The highest BCUT2D eigenvalue weighted by Crippen LogP contribution is 2.32. The van der Waals surface area contributed by atoms with Crippen LogP contribution in [-0.4, -0.2) is 73.8 Å². The van der Waals surface area contributed by atoms with Gasteiger partial charge in [0, 0.05) is 62.5 Å². The van der Waals surface area contributed by atoms with Gasteiger partial charge in [0.05, 0.1) is 19.9 Å². The van der Waals surface area contributed by atoms with E-state index < -0.39 is 0 Å². The molecule has 206 valence electrons. The number of likely N-dealkylation sites (tertiary alicyclic amines) is 1. The Balaban J connectivity index is 1.43. The predicted octanol–water partition coefficient (Wildman–Crippen LogP) is 4.69. The van der Waals surface area contributed by atoms with Crippen LogP contribution in [0.2, 0.25) is 0 Å². The van der Waals surface area contributed by atoms with Crippen molar-refractivity contribution in [1.82, 2.24) is 14.9 Å². The Bertz CT molecular complexity index is 1250. The number of carbonyl (C=O) groups is 1. The maximum Gasteiger partial charge on any atom is 0.267 e. The number of rotatable bonds is 13. The van der Waals surface area contributed by atoms with Crippen molar-refractivity contribution in [3.63, 3.8) is 0 Å². The van der Waals surface area contributed by atoms with Gasteiger partial charge in [0.2, 0.25) is 11.9 Å². The number of methoxy groups -OCH3 is 2. The molecule has 0 bridgehead atoms. The van der Waals surface area contributed by atoms with E-state index in [0.29, 0.717) is 29.2 Å². The Kier molecular flexibility index (Phi) is 9.71. The third-order valence-electron chi connectivity index (χ3n) is 6.54. The molecule has 1 aliphatic heterocycles. The fraction of sp³-hybridized carbons (Fsp3) is 0.345. The zero-order chi connectivity index (χ0) is 27.6. The summed E-state index contributed by atoms with van der Waals surface area (Å²) in [6, 6.07) is 15.7. The minimum Gasteiger partial charge on any atom is -0.490 e. The van der Waals surface area contributed by atoms with E-state index in [2.05, 4.69) is 56.0 Å². The number of anilines is 4. The van der Waals surface area contributed by atoms with Gasteiger partial charge in [0.1, 0.15) is 5.75 Å². The van der Waals surface area contributed by atoms with Crippen molar-refractivity contribution in [2.45, 2.75) is 19.4 Å². The smallest absolute Gasteiger partial charge is 0.267 e. The molecular formula is C29H36N6O4. The summed E-state index contributed by atoms with van der Waals surface area (Å²) in [5.41, 5.74) is 2.61. The minimum atomic E-state index is -0.307. The molecule has 4 rings (SSSR count). The molecular weight excluding hydrogens is 496 g/mol. The average Bonchev–Trinajstić information content (AvgIpc) is 3.42. The summed E-state index contributed by atoms with van der Waals surface area (Å²) in [5, 5.41) is 5.95. The molecule has 39 heavy (non-hydrogen) atoms. The van der Waals surface area contributed by atoms with Crippen molar-refractivity contribution >= 4 is 28.9 Å². The standard InChI is InChI=1S/C29H36N6O4/c1-5-27(36)31-22-8-7-9-25(18-22)39-28-26(38-4)19-30-29(33-28)32-21-10-12-23(13-11-21)35(6-2)24-14-15-34(20-24)16-17-37-3/h5,7-13,18-19,24H,1,6,14-17,20H2,2-4H3,(H,31,36)(H,30,32,33). The molecule has 1 fully saturated rings. The summed E-state index contributed by atoms with van der Waals surface area (Å²) in [6.07, 6.45) is 3.90. The van der Waals surface area contributed by atoms with E-state index in [1.807, 2.05) is 12.1 Å². The summed E-state index contributed by atoms with van der Waals surface area (Å²) in [6.45, 7) is 10.5. The van der Waals surface area contributed by atoms with Gasteiger partial charge >= 0.3 is 0 Å². The summed E-state index contributed by atoms with van der Waals surface area (Å²) in [5.74, 6) is 1.17. The first kappa shape index (κ1) is 27.9. The van der Waals surface area contributed by atoms with Crippen molar-refractivity contribution in [3.8, 4) is 17.4 Å². The van der Waals surface area contributed by atoms with Crippen LogP contribution >= 0.6 is 0 Å². The van der Waals surface area contributed by atoms with Gasteiger partial charge in [0.15, 0.2) is 5.75 Å². The van der Waals surface area contributed by atoms with E-state index in [1.54, 1.807) is 37.6 Å². The highest BCUT2D eigenvalue weighted by atomic mass is 16.5. The minimum absolute atomic E-state index is 0.246. The van der Waals surface area contributed by atoms with Crippen molar-refractivity contribution < 1.29 is 19.0 Å². The quantitative estimate of drug-likeness (QED) is 0.304. The first-order valence-electron chi connectivity index (χ1n) is 13.0. The molecule has 1 amide bonds. The Morgan fingerprint density at radius 1 is 1.21 bits per heavy atom. The lowest BCUT2D eigenvalue weighted by Gasteiger charge is -2.30. The highest BCUT2D eigenvalue weighted by molar-refractivity contribution is 5.98. The molecule has 2 aromatic carbocycles. The van der Waals surface area contributed by atoms with Gasteiger partial charge in [-0.3, -0.25) is 9.69 Å². The number of hydrogen-bond acceptors (Lipinski definition) is 9. The van der Waals surface area contributed by atoms with Crippen LogP contribution < -0.4 is 25.0 Å². The van der Waals surface area contributed by atoms with Gasteiger partial charge in [-0.1, -0.05) is 12.6 Å². The van der Waals surface area contributed by atoms with Crippen LogP contribution in [0.4, 0.5) is 23.0 Å². The second kappa shape index (κ2) is 13.6. The SMILES string of the molecule is C=CC(=O)Nc1cccc(Oc2nc(Nc3ccc(N(CC)C4CCN(CCOC)C4)cc3)ncc2OC)c1. The lowest BCUT2D eigenvalue weighted by molar-refractivity contribution is -0.111. The fourth-order valence-corrected chi connectivity index (χ4v) is 4.58. The highest BCUT2D eigenvalue weighted by Gasteiger charge is 2.27. The summed E-state index contributed by atoms with van der Waals surface area (Å²) < 4.78 is 16.6. The monoisotopic (exact) mass is 532 g/mol. The maximum atomic E-state index is 11.6. The molecule has 0 radical (unpaired) electrons. The normalized spacial score (nSPS) is 15.0. The van der Waals surface area contributed by atoms with Crippen molar-refractivity contribution in [3.05, 3.63) is 67.4 Å². The Labute approximate surface area is 229 Å². The number of ether oxygens (including phenoxy) is 3. The van der Waals surface area contributed by atoms with Crippen LogP contribution in [0.15, 0.2) is 67.4 Å². The van der Waals surface area contributed by atoms with Crippen molar-refractivity contribution in [2.24, 2.45) is 0 Å².